The van der Waals surface area contributed by atoms with Crippen LogP contribution in [0.1, 0.15) is 51.9 Å². The van der Waals surface area contributed by atoms with Gasteiger partial charge in [-0.2, -0.15) is 0 Å². The molecule has 1 saturated carbocycles. The van der Waals surface area contributed by atoms with Gasteiger partial charge in [0.2, 0.25) is 0 Å². The Bertz CT molecular complexity index is 163. The van der Waals surface area contributed by atoms with Gasteiger partial charge in [0.1, 0.15) is 0 Å². The van der Waals surface area contributed by atoms with Gasteiger partial charge in [-0.3, -0.25) is 0 Å². The average molecular weight is 215 g/mol. The number of nitrogens with one attached hydrogen (secondary N) is 1. The van der Waals surface area contributed by atoms with Crippen LogP contribution in [0.3, 0.4) is 0 Å². The topological polar surface area (TPSA) is 52.5 Å². The van der Waals surface area contributed by atoms with Crippen molar-refractivity contribution in [3.8, 4) is 0 Å². The van der Waals surface area contributed by atoms with Gasteiger partial charge in [0, 0.05) is 6.54 Å². The third kappa shape index (κ3) is 5.50. The third-order valence-corrected chi connectivity index (χ3v) is 3.23. The Morgan fingerprint density at radius 1 is 1.20 bits per heavy atom. The van der Waals surface area contributed by atoms with Crippen molar-refractivity contribution in [2.75, 3.05) is 13.1 Å². The molecule has 1 aliphatic rings. The minimum Gasteiger partial charge on any atom is -0.393 e. The number of aliphatic hydroxyl groups excluding tert-OH is 1. The summed E-state index contributed by atoms with van der Waals surface area (Å²) in [5.74, 6) is 0. The lowest BCUT2D eigenvalue weighted by atomic mass is 9.94. The molecule has 90 valence electrons. The molecule has 1 rings (SSSR count). The zero-order valence-electron chi connectivity index (χ0n) is 9.84. The molecule has 3 nitrogen and oxygen atoms in total. The van der Waals surface area contributed by atoms with E-state index in [4.69, 9.17) is 5.11 Å². The summed E-state index contributed by atoms with van der Waals surface area (Å²) >= 11 is 0. The Balaban J connectivity index is 2.16. The molecule has 3 N–H and O–H groups in total. The van der Waals surface area contributed by atoms with Crippen LogP contribution in [-0.4, -0.2) is 35.0 Å². The molecule has 0 aromatic heterocycles. The quantitative estimate of drug-likeness (QED) is 0.480. The first-order chi connectivity index (χ1) is 7.12. The molecule has 0 bridgehead atoms. The lowest BCUT2D eigenvalue weighted by Gasteiger charge is -2.27. The number of rotatable bonds is 5. The van der Waals surface area contributed by atoms with Crippen LogP contribution >= 0.6 is 0 Å². The predicted octanol–water partition coefficient (Wildman–Crippen LogP) is 1.43. The summed E-state index contributed by atoms with van der Waals surface area (Å²) < 4.78 is 0. The van der Waals surface area contributed by atoms with Crippen LogP contribution in [0.4, 0.5) is 0 Å². The van der Waals surface area contributed by atoms with Gasteiger partial charge in [0.05, 0.1) is 11.7 Å². The Labute approximate surface area is 92.9 Å². The Kier molecular flexibility index (Phi) is 5.58. The van der Waals surface area contributed by atoms with E-state index in [1.54, 1.807) is 6.92 Å². The second-order valence-electron chi connectivity index (χ2n) is 4.95. The molecule has 1 aliphatic carbocycles. The maximum Gasteiger partial charge on any atom is 0.0771 e. The number of hydrogen-bond donors (Lipinski definition) is 3. The molecule has 0 aromatic carbocycles. The van der Waals surface area contributed by atoms with Gasteiger partial charge >= 0.3 is 0 Å². The molecular formula is C12H25NO2. The van der Waals surface area contributed by atoms with Crippen molar-refractivity contribution in [2.24, 2.45) is 0 Å². The van der Waals surface area contributed by atoms with Crippen molar-refractivity contribution in [3.05, 3.63) is 0 Å². The van der Waals surface area contributed by atoms with Gasteiger partial charge in [-0.15, -0.1) is 0 Å². The van der Waals surface area contributed by atoms with Gasteiger partial charge < -0.3 is 15.5 Å². The first kappa shape index (κ1) is 12.9. The van der Waals surface area contributed by atoms with Crippen molar-refractivity contribution in [1.29, 1.82) is 0 Å². The minimum absolute atomic E-state index is 0.249. The van der Waals surface area contributed by atoms with E-state index >= 15 is 0 Å². The molecule has 0 radical (unpaired) electrons. The van der Waals surface area contributed by atoms with E-state index in [0.29, 0.717) is 6.54 Å². The standard InChI is InChI=1S/C12H25NO2/c1-11(14)6-9-13-10-12(15)7-4-2-3-5-8-12/h11,13-15H,2-10H2,1H3. The van der Waals surface area contributed by atoms with Gasteiger partial charge in [-0.1, -0.05) is 25.7 Å². The Hall–Kier alpha value is -0.120. The second-order valence-corrected chi connectivity index (χ2v) is 4.95. The van der Waals surface area contributed by atoms with Crippen LogP contribution in [0.15, 0.2) is 0 Å². The molecule has 1 atom stereocenters. The Morgan fingerprint density at radius 2 is 1.80 bits per heavy atom. The van der Waals surface area contributed by atoms with Crippen molar-refractivity contribution in [3.63, 3.8) is 0 Å². The van der Waals surface area contributed by atoms with E-state index in [0.717, 1.165) is 38.6 Å². The predicted molar refractivity (Wildman–Crippen MR) is 61.8 cm³/mol. The van der Waals surface area contributed by atoms with Crippen LogP contribution in [-0.2, 0) is 0 Å². The second kappa shape index (κ2) is 6.46. The van der Waals surface area contributed by atoms with Crippen molar-refractivity contribution < 1.29 is 10.2 Å². The highest BCUT2D eigenvalue weighted by molar-refractivity contribution is 4.83. The van der Waals surface area contributed by atoms with Crippen LogP contribution in [0, 0.1) is 0 Å². The third-order valence-electron chi connectivity index (χ3n) is 3.23. The van der Waals surface area contributed by atoms with Gasteiger partial charge in [0.15, 0.2) is 0 Å². The molecule has 0 amide bonds. The maximum atomic E-state index is 10.3. The fraction of sp³-hybridized carbons (Fsp3) is 1.00. The summed E-state index contributed by atoms with van der Waals surface area (Å²) in [4.78, 5) is 0. The lowest BCUT2D eigenvalue weighted by molar-refractivity contribution is 0.0246. The average Bonchev–Trinajstić information content (AvgIpc) is 2.38. The maximum absolute atomic E-state index is 10.3. The highest BCUT2D eigenvalue weighted by Crippen LogP contribution is 2.26. The monoisotopic (exact) mass is 215 g/mol. The van der Waals surface area contributed by atoms with E-state index in [1.807, 2.05) is 0 Å². The number of hydrogen-bond acceptors (Lipinski definition) is 3. The highest BCUT2D eigenvalue weighted by Gasteiger charge is 2.27. The Morgan fingerprint density at radius 3 is 2.33 bits per heavy atom. The summed E-state index contributed by atoms with van der Waals surface area (Å²) in [6, 6.07) is 0. The molecule has 0 aliphatic heterocycles. The lowest BCUT2D eigenvalue weighted by Crippen LogP contribution is -2.40. The van der Waals surface area contributed by atoms with Gasteiger partial charge in [-0.25, -0.2) is 0 Å². The molecule has 0 spiro atoms. The largest absolute Gasteiger partial charge is 0.393 e. The summed E-state index contributed by atoms with van der Waals surface area (Å²) in [7, 11) is 0. The molecular weight excluding hydrogens is 190 g/mol. The van der Waals surface area contributed by atoms with E-state index in [-0.39, 0.29) is 6.10 Å². The van der Waals surface area contributed by atoms with E-state index < -0.39 is 5.60 Å². The summed E-state index contributed by atoms with van der Waals surface area (Å²) in [5.41, 5.74) is -0.491. The first-order valence-corrected chi connectivity index (χ1v) is 6.24. The van der Waals surface area contributed by atoms with Crippen molar-refractivity contribution in [2.45, 2.75) is 63.6 Å². The highest BCUT2D eigenvalue weighted by atomic mass is 16.3. The fourth-order valence-corrected chi connectivity index (χ4v) is 2.20. The van der Waals surface area contributed by atoms with Gasteiger partial charge in [0.25, 0.3) is 0 Å². The molecule has 15 heavy (non-hydrogen) atoms. The molecule has 1 unspecified atom stereocenters. The SMILES string of the molecule is CC(O)CCNCC1(O)CCCCCC1. The van der Waals surface area contributed by atoms with Crippen LogP contribution in [0.25, 0.3) is 0 Å². The van der Waals surface area contributed by atoms with E-state index in [1.165, 1.54) is 12.8 Å². The van der Waals surface area contributed by atoms with Crippen molar-refractivity contribution >= 4 is 0 Å². The number of aliphatic hydroxyl groups is 2. The minimum atomic E-state index is -0.491. The van der Waals surface area contributed by atoms with E-state index in [9.17, 15) is 5.11 Å². The van der Waals surface area contributed by atoms with E-state index in [2.05, 4.69) is 5.32 Å². The molecule has 0 saturated heterocycles. The smallest absolute Gasteiger partial charge is 0.0771 e. The summed E-state index contributed by atoms with van der Waals surface area (Å²) in [6.45, 7) is 3.27. The molecule has 0 heterocycles. The normalized spacial score (nSPS) is 23.4. The fourth-order valence-electron chi connectivity index (χ4n) is 2.20. The summed E-state index contributed by atoms with van der Waals surface area (Å²) in [5, 5.41) is 22.6. The van der Waals surface area contributed by atoms with Crippen LogP contribution in [0.2, 0.25) is 0 Å². The molecule has 1 fully saturated rings. The van der Waals surface area contributed by atoms with Crippen LogP contribution in [0.5, 0.6) is 0 Å². The molecule has 3 heteroatoms. The zero-order chi connectivity index (χ0) is 11.1. The van der Waals surface area contributed by atoms with Crippen LogP contribution < -0.4 is 5.32 Å². The van der Waals surface area contributed by atoms with Gasteiger partial charge in [-0.05, 0) is 32.7 Å². The first-order valence-electron chi connectivity index (χ1n) is 6.24. The summed E-state index contributed by atoms with van der Waals surface area (Å²) in [6.07, 6.45) is 7.18. The van der Waals surface area contributed by atoms with Crippen molar-refractivity contribution in [1.82, 2.24) is 5.32 Å². The zero-order valence-corrected chi connectivity index (χ0v) is 9.84. The molecule has 0 aromatic rings.